The van der Waals surface area contributed by atoms with Gasteiger partial charge < -0.3 is 9.84 Å². The Morgan fingerprint density at radius 1 is 1.38 bits per heavy atom. The number of hydrogen-bond donors (Lipinski definition) is 1. The summed E-state index contributed by atoms with van der Waals surface area (Å²) in [5.41, 5.74) is 0.241. The van der Waals surface area contributed by atoms with Gasteiger partial charge in [0.2, 0.25) is 0 Å². The Bertz CT molecular complexity index is 622. The maximum absolute atomic E-state index is 13.2. The second-order valence-corrected chi connectivity index (χ2v) is 6.66. The van der Waals surface area contributed by atoms with E-state index < -0.39 is 21.6 Å². The smallest absolute Gasteiger partial charge is 0.328 e. The number of hydrogen-bond acceptors (Lipinski definition) is 4. The van der Waals surface area contributed by atoms with Crippen molar-refractivity contribution in [1.82, 2.24) is 0 Å². The number of aliphatic carboxylic acids is 1. The standard InChI is InChI=1S/C14H17FO5S/c1-2-8-21(18,19)9-7-20-13-5-4-12(15)10-11(13)3-6-14(16)17/h3-6,10H,2,7-9H2,1H3,(H,16,17)/b6-3+. The van der Waals surface area contributed by atoms with Gasteiger partial charge in [0.25, 0.3) is 0 Å². The molecule has 0 aliphatic carbocycles. The first-order chi connectivity index (χ1) is 9.84. The van der Waals surface area contributed by atoms with Gasteiger partial charge in [-0.15, -0.1) is 0 Å². The highest BCUT2D eigenvalue weighted by molar-refractivity contribution is 7.91. The SMILES string of the molecule is CCCS(=O)(=O)CCOc1ccc(F)cc1/C=C/C(=O)O. The summed E-state index contributed by atoms with van der Waals surface area (Å²) in [5, 5.41) is 8.58. The zero-order valence-electron chi connectivity index (χ0n) is 11.6. The van der Waals surface area contributed by atoms with Crippen LogP contribution in [-0.4, -0.2) is 37.6 Å². The van der Waals surface area contributed by atoms with E-state index in [1.807, 2.05) is 0 Å². The lowest BCUT2D eigenvalue weighted by atomic mass is 10.2. The van der Waals surface area contributed by atoms with E-state index in [0.29, 0.717) is 6.42 Å². The van der Waals surface area contributed by atoms with E-state index in [-0.39, 0.29) is 29.4 Å². The van der Waals surface area contributed by atoms with Crippen molar-refractivity contribution in [2.24, 2.45) is 0 Å². The van der Waals surface area contributed by atoms with E-state index in [2.05, 4.69) is 0 Å². The summed E-state index contributed by atoms with van der Waals surface area (Å²) in [6, 6.07) is 3.62. The average molecular weight is 316 g/mol. The molecule has 0 aromatic heterocycles. The number of benzene rings is 1. The lowest BCUT2D eigenvalue weighted by molar-refractivity contribution is -0.131. The van der Waals surface area contributed by atoms with Crippen LogP contribution in [0.15, 0.2) is 24.3 Å². The Balaban J connectivity index is 2.77. The molecule has 7 heteroatoms. The first-order valence-electron chi connectivity index (χ1n) is 6.38. The van der Waals surface area contributed by atoms with Crippen molar-refractivity contribution in [1.29, 1.82) is 0 Å². The van der Waals surface area contributed by atoms with Crippen molar-refractivity contribution in [2.45, 2.75) is 13.3 Å². The van der Waals surface area contributed by atoms with Crippen LogP contribution in [0.4, 0.5) is 4.39 Å². The Kier molecular flexibility index (Phi) is 6.36. The van der Waals surface area contributed by atoms with E-state index in [4.69, 9.17) is 9.84 Å². The molecule has 0 radical (unpaired) electrons. The van der Waals surface area contributed by atoms with Gasteiger partial charge >= 0.3 is 5.97 Å². The van der Waals surface area contributed by atoms with E-state index in [1.54, 1.807) is 6.92 Å². The molecule has 5 nitrogen and oxygen atoms in total. The number of carbonyl (C=O) groups is 1. The van der Waals surface area contributed by atoms with Crippen LogP contribution in [0.1, 0.15) is 18.9 Å². The third-order valence-electron chi connectivity index (χ3n) is 2.54. The Morgan fingerprint density at radius 3 is 2.71 bits per heavy atom. The van der Waals surface area contributed by atoms with Gasteiger partial charge in [0.15, 0.2) is 9.84 Å². The van der Waals surface area contributed by atoms with Gasteiger partial charge in [0, 0.05) is 11.6 Å². The highest BCUT2D eigenvalue weighted by Gasteiger charge is 2.10. The summed E-state index contributed by atoms with van der Waals surface area (Å²) < 4.78 is 41.6. The average Bonchev–Trinajstić information content (AvgIpc) is 2.38. The van der Waals surface area contributed by atoms with Crippen LogP contribution in [0, 0.1) is 5.82 Å². The molecule has 1 N–H and O–H groups in total. The van der Waals surface area contributed by atoms with E-state index in [0.717, 1.165) is 18.2 Å². The second-order valence-electron chi connectivity index (χ2n) is 4.35. The first kappa shape index (κ1) is 17.2. The number of sulfone groups is 1. The largest absolute Gasteiger partial charge is 0.492 e. The maximum atomic E-state index is 13.2. The normalized spacial score (nSPS) is 11.7. The van der Waals surface area contributed by atoms with Crippen LogP contribution < -0.4 is 4.74 Å². The van der Waals surface area contributed by atoms with Crippen LogP contribution in [0.25, 0.3) is 6.08 Å². The minimum absolute atomic E-state index is 0.0676. The monoisotopic (exact) mass is 316 g/mol. The zero-order valence-corrected chi connectivity index (χ0v) is 12.4. The van der Waals surface area contributed by atoms with E-state index in [9.17, 15) is 17.6 Å². The fraction of sp³-hybridized carbons (Fsp3) is 0.357. The van der Waals surface area contributed by atoms with Crippen LogP contribution in [0.5, 0.6) is 5.75 Å². The molecule has 0 unspecified atom stereocenters. The predicted molar refractivity (Wildman–Crippen MR) is 77.5 cm³/mol. The van der Waals surface area contributed by atoms with Gasteiger partial charge in [-0.3, -0.25) is 0 Å². The molecule has 116 valence electrons. The van der Waals surface area contributed by atoms with Gasteiger partial charge in [0.1, 0.15) is 18.2 Å². The second kappa shape index (κ2) is 7.78. The fourth-order valence-corrected chi connectivity index (χ4v) is 2.80. The van der Waals surface area contributed by atoms with E-state index >= 15 is 0 Å². The molecule has 0 aliphatic heterocycles. The van der Waals surface area contributed by atoms with Crippen LogP contribution in [0.3, 0.4) is 0 Å². The number of rotatable bonds is 8. The zero-order chi connectivity index (χ0) is 15.9. The number of carboxylic acid groups (broad SMARTS) is 1. The Morgan fingerprint density at radius 2 is 2.10 bits per heavy atom. The predicted octanol–water partition coefficient (Wildman–Crippen LogP) is 2.13. The van der Waals surface area contributed by atoms with Crippen LogP contribution >= 0.6 is 0 Å². The van der Waals surface area contributed by atoms with Crippen molar-refractivity contribution in [3.63, 3.8) is 0 Å². The third kappa shape index (κ3) is 6.40. The highest BCUT2D eigenvalue weighted by atomic mass is 32.2. The minimum Gasteiger partial charge on any atom is -0.492 e. The number of halogens is 1. The molecule has 0 bridgehead atoms. The Labute approximate surface area is 123 Å². The van der Waals surface area contributed by atoms with Gasteiger partial charge in [-0.05, 0) is 30.7 Å². The molecule has 21 heavy (non-hydrogen) atoms. The van der Waals surface area contributed by atoms with Crippen LogP contribution in [-0.2, 0) is 14.6 Å². The van der Waals surface area contributed by atoms with Gasteiger partial charge in [-0.2, -0.15) is 0 Å². The van der Waals surface area contributed by atoms with Gasteiger partial charge in [-0.25, -0.2) is 17.6 Å². The molecule has 1 aromatic rings. The summed E-state index contributed by atoms with van der Waals surface area (Å²) in [4.78, 5) is 10.5. The molecule has 0 saturated heterocycles. The molecule has 0 fully saturated rings. The molecule has 1 rings (SSSR count). The lowest BCUT2D eigenvalue weighted by Gasteiger charge is -2.09. The van der Waals surface area contributed by atoms with Crippen molar-refractivity contribution >= 4 is 21.9 Å². The van der Waals surface area contributed by atoms with Crippen LogP contribution in [0.2, 0.25) is 0 Å². The highest BCUT2D eigenvalue weighted by Crippen LogP contribution is 2.21. The molecule has 0 spiro atoms. The molecule has 0 amide bonds. The summed E-state index contributed by atoms with van der Waals surface area (Å²) >= 11 is 0. The summed E-state index contributed by atoms with van der Waals surface area (Å²) in [6.07, 6.45) is 2.59. The topological polar surface area (TPSA) is 80.7 Å². The van der Waals surface area contributed by atoms with Crippen molar-refractivity contribution in [2.75, 3.05) is 18.1 Å². The molecule has 0 aliphatic rings. The fourth-order valence-electron chi connectivity index (χ4n) is 1.63. The number of carboxylic acids is 1. The molecule has 0 saturated carbocycles. The van der Waals surface area contributed by atoms with Crippen molar-refractivity contribution in [3.8, 4) is 5.75 Å². The number of ether oxygens (including phenoxy) is 1. The molecule has 0 atom stereocenters. The van der Waals surface area contributed by atoms with E-state index in [1.165, 1.54) is 12.1 Å². The Hall–Kier alpha value is -1.89. The molecular weight excluding hydrogens is 299 g/mol. The summed E-state index contributed by atoms with van der Waals surface area (Å²) in [5.74, 6) is -1.52. The minimum atomic E-state index is -3.16. The summed E-state index contributed by atoms with van der Waals surface area (Å²) in [6.45, 7) is 1.70. The maximum Gasteiger partial charge on any atom is 0.328 e. The lowest BCUT2D eigenvalue weighted by Crippen LogP contribution is -2.17. The molecular formula is C14H17FO5S. The summed E-state index contributed by atoms with van der Waals surface area (Å²) in [7, 11) is -3.16. The molecule has 0 heterocycles. The third-order valence-corrected chi connectivity index (χ3v) is 4.36. The van der Waals surface area contributed by atoms with Gasteiger partial charge in [0.05, 0.1) is 11.5 Å². The van der Waals surface area contributed by atoms with Crippen molar-refractivity contribution in [3.05, 3.63) is 35.7 Å². The molecule has 1 aromatic carbocycles. The van der Waals surface area contributed by atoms with Gasteiger partial charge in [-0.1, -0.05) is 6.92 Å². The van der Waals surface area contributed by atoms with Crippen molar-refractivity contribution < 1.29 is 27.4 Å². The first-order valence-corrected chi connectivity index (χ1v) is 8.20. The quantitative estimate of drug-likeness (QED) is 0.743.